The van der Waals surface area contributed by atoms with Gasteiger partial charge in [0.1, 0.15) is 5.82 Å². The van der Waals surface area contributed by atoms with E-state index < -0.39 is 0 Å². The van der Waals surface area contributed by atoms with Gasteiger partial charge in [-0.15, -0.1) is 0 Å². The summed E-state index contributed by atoms with van der Waals surface area (Å²) in [5, 5.41) is 3.37. The van der Waals surface area contributed by atoms with E-state index in [4.69, 9.17) is 0 Å². The molecule has 1 fully saturated rings. The second-order valence-electron chi connectivity index (χ2n) is 4.07. The number of hydrogen-bond donors (Lipinski definition) is 1. The van der Waals surface area contributed by atoms with Crippen molar-refractivity contribution in [3.05, 3.63) is 24.4 Å². The first kappa shape index (κ1) is 12.4. The minimum absolute atomic E-state index is 0.115. The number of thioether (sulfide) groups is 1. The van der Waals surface area contributed by atoms with Gasteiger partial charge in [-0.25, -0.2) is 4.98 Å². The van der Waals surface area contributed by atoms with Crippen LogP contribution in [0.1, 0.15) is 6.42 Å². The molecule has 1 unspecified atom stereocenters. The zero-order valence-electron chi connectivity index (χ0n) is 9.93. The van der Waals surface area contributed by atoms with Crippen LogP contribution in [0.15, 0.2) is 24.4 Å². The minimum atomic E-state index is 0.115. The highest BCUT2D eigenvalue weighted by Crippen LogP contribution is 2.13. The molecule has 1 aliphatic rings. The van der Waals surface area contributed by atoms with Crippen molar-refractivity contribution in [3.63, 3.8) is 0 Å². The molecule has 1 aromatic heterocycles. The summed E-state index contributed by atoms with van der Waals surface area (Å²) in [6.45, 7) is 0.996. The van der Waals surface area contributed by atoms with Crippen LogP contribution >= 0.6 is 11.8 Å². The van der Waals surface area contributed by atoms with E-state index in [9.17, 15) is 4.79 Å². The summed E-state index contributed by atoms with van der Waals surface area (Å²) in [7, 11) is 1.78. The Labute approximate surface area is 106 Å². The number of hydrogen-bond acceptors (Lipinski definition) is 4. The number of nitrogens with zero attached hydrogens (tertiary/aromatic N) is 2. The first-order chi connectivity index (χ1) is 8.27. The Morgan fingerprint density at radius 2 is 2.53 bits per heavy atom. The van der Waals surface area contributed by atoms with Crippen LogP contribution in [0.4, 0.5) is 5.82 Å². The predicted octanol–water partition coefficient (Wildman–Crippen LogP) is 1.14. The lowest BCUT2D eigenvalue weighted by atomic mass is 10.2. The predicted molar refractivity (Wildman–Crippen MR) is 71.4 cm³/mol. The van der Waals surface area contributed by atoms with Gasteiger partial charge in [0.2, 0.25) is 5.91 Å². The van der Waals surface area contributed by atoms with Crippen molar-refractivity contribution in [3.8, 4) is 0 Å². The summed E-state index contributed by atoms with van der Waals surface area (Å²) in [6.07, 6.45) is 2.24. The smallest absolute Gasteiger partial charge is 0.229 e. The van der Waals surface area contributed by atoms with E-state index in [1.165, 1.54) is 0 Å². The van der Waals surface area contributed by atoms with Crippen molar-refractivity contribution in [2.24, 2.45) is 0 Å². The molecular weight excluding hydrogens is 234 g/mol. The Hall–Kier alpha value is -1.07. The molecule has 2 heterocycles. The SMILES string of the molecule is CN(C(=O)CC1CSCCN1)c1ccccn1. The largest absolute Gasteiger partial charge is 0.312 e. The molecule has 0 bridgehead atoms. The van der Waals surface area contributed by atoms with Crippen LogP contribution in [-0.4, -0.2) is 42.0 Å². The van der Waals surface area contributed by atoms with Crippen LogP contribution in [0.25, 0.3) is 0 Å². The quantitative estimate of drug-likeness (QED) is 0.875. The van der Waals surface area contributed by atoms with Crippen LogP contribution in [0.2, 0.25) is 0 Å². The van der Waals surface area contributed by atoms with Gasteiger partial charge in [-0.2, -0.15) is 11.8 Å². The summed E-state index contributed by atoms with van der Waals surface area (Å²) in [4.78, 5) is 17.8. The topological polar surface area (TPSA) is 45.2 Å². The molecule has 1 aromatic rings. The standard InChI is InChI=1S/C12H17N3OS/c1-15(11-4-2-3-5-14-11)12(16)8-10-9-17-7-6-13-10/h2-5,10,13H,6-9H2,1H3. The molecule has 0 aromatic carbocycles. The molecule has 0 saturated carbocycles. The van der Waals surface area contributed by atoms with Gasteiger partial charge in [-0.3, -0.25) is 9.69 Å². The van der Waals surface area contributed by atoms with Crippen molar-refractivity contribution >= 4 is 23.5 Å². The van der Waals surface area contributed by atoms with Crippen molar-refractivity contribution in [1.82, 2.24) is 10.3 Å². The Morgan fingerprint density at radius 3 is 3.18 bits per heavy atom. The van der Waals surface area contributed by atoms with E-state index >= 15 is 0 Å². The lowest BCUT2D eigenvalue weighted by molar-refractivity contribution is -0.118. The number of nitrogens with one attached hydrogen (secondary N) is 1. The van der Waals surface area contributed by atoms with Gasteiger partial charge in [0.15, 0.2) is 0 Å². The summed E-state index contributed by atoms with van der Waals surface area (Å²) in [5.41, 5.74) is 0. The zero-order chi connectivity index (χ0) is 12.1. The number of carbonyl (C=O) groups excluding carboxylic acids is 1. The number of aromatic nitrogens is 1. The molecule has 1 aliphatic heterocycles. The van der Waals surface area contributed by atoms with Crippen LogP contribution in [0, 0.1) is 0 Å². The van der Waals surface area contributed by atoms with E-state index in [2.05, 4.69) is 10.3 Å². The first-order valence-electron chi connectivity index (χ1n) is 5.76. The van der Waals surface area contributed by atoms with Gasteiger partial charge < -0.3 is 5.32 Å². The fourth-order valence-electron chi connectivity index (χ4n) is 1.78. The van der Waals surface area contributed by atoms with E-state index in [0.717, 1.165) is 18.1 Å². The lowest BCUT2D eigenvalue weighted by Crippen LogP contribution is -2.42. The van der Waals surface area contributed by atoms with Crippen LogP contribution < -0.4 is 10.2 Å². The number of rotatable bonds is 3. The minimum Gasteiger partial charge on any atom is -0.312 e. The number of carbonyl (C=O) groups is 1. The molecule has 5 heteroatoms. The third kappa shape index (κ3) is 3.44. The third-order valence-corrected chi connectivity index (χ3v) is 3.92. The van der Waals surface area contributed by atoms with E-state index in [1.807, 2.05) is 30.0 Å². The summed E-state index contributed by atoms with van der Waals surface area (Å²) in [6, 6.07) is 5.88. The molecule has 2 rings (SSSR count). The lowest BCUT2D eigenvalue weighted by Gasteiger charge is -2.24. The summed E-state index contributed by atoms with van der Waals surface area (Å²) >= 11 is 1.90. The second-order valence-corrected chi connectivity index (χ2v) is 5.22. The number of amides is 1. The Kier molecular flexibility index (Phi) is 4.39. The third-order valence-electron chi connectivity index (χ3n) is 2.79. The average molecular weight is 251 g/mol. The van der Waals surface area contributed by atoms with E-state index in [0.29, 0.717) is 18.3 Å². The fraction of sp³-hybridized carbons (Fsp3) is 0.500. The van der Waals surface area contributed by atoms with E-state index in [-0.39, 0.29) is 5.91 Å². The fourth-order valence-corrected chi connectivity index (χ4v) is 2.73. The Morgan fingerprint density at radius 1 is 1.65 bits per heavy atom. The average Bonchev–Trinajstić information content (AvgIpc) is 2.40. The second kappa shape index (κ2) is 6.02. The number of pyridine rings is 1. The van der Waals surface area contributed by atoms with Gasteiger partial charge in [-0.05, 0) is 12.1 Å². The molecule has 0 spiro atoms. The Bertz CT molecular complexity index is 365. The molecule has 0 aliphatic carbocycles. The maximum absolute atomic E-state index is 12.0. The normalized spacial score (nSPS) is 19.9. The van der Waals surface area contributed by atoms with Crippen LogP contribution in [0.3, 0.4) is 0 Å². The summed E-state index contributed by atoms with van der Waals surface area (Å²) in [5.74, 6) is 2.98. The molecule has 92 valence electrons. The van der Waals surface area contributed by atoms with Crippen molar-refractivity contribution in [2.75, 3.05) is 30.0 Å². The van der Waals surface area contributed by atoms with Crippen molar-refractivity contribution < 1.29 is 4.79 Å². The van der Waals surface area contributed by atoms with Gasteiger partial charge in [0.25, 0.3) is 0 Å². The number of anilines is 1. The van der Waals surface area contributed by atoms with Crippen molar-refractivity contribution in [2.45, 2.75) is 12.5 Å². The Balaban J connectivity index is 1.91. The van der Waals surface area contributed by atoms with Gasteiger partial charge in [0, 0.05) is 43.8 Å². The molecule has 4 nitrogen and oxygen atoms in total. The highest BCUT2D eigenvalue weighted by molar-refractivity contribution is 7.99. The molecule has 1 N–H and O–H groups in total. The highest BCUT2D eigenvalue weighted by atomic mass is 32.2. The zero-order valence-corrected chi connectivity index (χ0v) is 10.7. The van der Waals surface area contributed by atoms with Gasteiger partial charge in [0.05, 0.1) is 0 Å². The maximum atomic E-state index is 12.0. The highest BCUT2D eigenvalue weighted by Gasteiger charge is 2.19. The summed E-state index contributed by atoms with van der Waals surface area (Å²) < 4.78 is 0. The van der Waals surface area contributed by atoms with Crippen molar-refractivity contribution in [1.29, 1.82) is 0 Å². The molecule has 1 saturated heterocycles. The molecule has 1 amide bonds. The van der Waals surface area contributed by atoms with Crippen LogP contribution in [0.5, 0.6) is 0 Å². The monoisotopic (exact) mass is 251 g/mol. The van der Waals surface area contributed by atoms with Gasteiger partial charge >= 0.3 is 0 Å². The first-order valence-corrected chi connectivity index (χ1v) is 6.91. The van der Waals surface area contributed by atoms with E-state index in [1.54, 1.807) is 18.1 Å². The maximum Gasteiger partial charge on any atom is 0.229 e. The van der Waals surface area contributed by atoms with Gasteiger partial charge in [-0.1, -0.05) is 6.07 Å². The molecule has 0 radical (unpaired) electrons. The molecular formula is C12H17N3OS. The molecule has 17 heavy (non-hydrogen) atoms. The molecule has 1 atom stereocenters. The van der Waals surface area contributed by atoms with Crippen LogP contribution in [-0.2, 0) is 4.79 Å².